The van der Waals surface area contributed by atoms with Crippen LogP contribution < -0.4 is 4.74 Å². The van der Waals surface area contributed by atoms with Gasteiger partial charge in [-0.3, -0.25) is 0 Å². The summed E-state index contributed by atoms with van der Waals surface area (Å²) < 4.78 is 11.0. The fraction of sp³-hybridized carbons (Fsp3) is 0.333. The Labute approximate surface area is 107 Å². The monoisotopic (exact) mass is 246 g/mol. The van der Waals surface area contributed by atoms with Crippen LogP contribution in [0.4, 0.5) is 0 Å². The van der Waals surface area contributed by atoms with Gasteiger partial charge in [0.05, 0.1) is 19.3 Å². The van der Waals surface area contributed by atoms with Crippen LogP contribution >= 0.6 is 0 Å². The summed E-state index contributed by atoms with van der Waals surface area (Å²) in [5.41, 5.74) is 0. The number of aliphatic hydroxyl groups is 1. The van der Waals surface area contributed by atoms with Crippen LogP contribution in [0.1, 0.15) is 6.92 Å². The van der Waals surface area contributed by atoms with E-state index in [1.807, 2.05) is 37.3 Å². The SMILES string of the molecule is CC(COc1ccc2ccccc2c1)OCCO. The molecular weight excluding hydrogens is 228 g/mol. The van der Waals surface area contributed by atoms with Crippen LogP contribution in [-0.4, -0.2) is 31.0 Å². The van der Waals surface area contributed by atoms with E-state index in [9.17, 15) is 0 Å². The molecule has 1 unspecified atom stereocenters. The minimum absolute atomic E-state index is 0.0244. The molecule has 0 aromatic heterocycles. The molecule has 0 amide bonds. The van der Waals surface area contributed by atoms with Crippen molar-refractivity contribution in [2.45, 2.75) is 13.0 Å². The smallest absolute Gasteiger partial charge is 0.120 e. The maximum Gasteiger partial charge on any atom is 0.120 e. The van der Waals surface area contributed by atoms with Crippen molar-refractivity contribution in [3.8, 4) is 5.75 Å². The average Bonchev–Trinajstić information content (AvgIpc) is 2.42. The molecule has 0 radical (unpaired) electrons. The van der Waals surface area contributed by atoms with Crippen molar-refractivity contribution in [3.63, 3.8) is 0 Å². The highest BCUT2D eigenvalue weighted by Crippen LogP contribution is 2.20. The lowest BCUT2D eigenvalue weighted by Gasteiger charge is -2.13. The molecule has 0 aliphatic rings. The summed E-state index contributed by atoms with van der Waals surface area (Å²) in [5, 5.41) is 11.0. The summed E-state index contributed by atoms with van der Waals surface area (Å²) in [6, 6.07) is 14.2. The number of aliphatic hydroxyl groups excluding tert-OH is 1. The molecule has 0 fully saturated rings. The van der Waals surface area contributed by atoms with Gasteiger partial charge in [-0.05, 0) is 29.8 Å². The van der Waals surface area contributed by atoms with E-state index in [-0.39, 0.29) is 12.7 Å². The van der Waals surface area contributed by atoms with Crippen LogP contribution in [0.15, 0.2) is 42.5 Å². The second-order valence-corrected chi connectivity index (χ2v) is 4.22. The van der Waals surface area contributed by atoms with Crippen molar-refractivity contribution >= 4 is 10.8 Å². The molecule has 2 aromatic rings. The molecule has 0 saturated carbocycles. The molecule has 0 bridgehead atoms. The molecule has 1 N–H and O–H groups in total. The number of rotatable bonds is 6. The average molecular weight is 246 g/mol. The van der Waals surface area contributed by atoms with Gasteiger partial charge in [-0.1, -0.05) is 30.3 Å². The van der Waals surface area contributed by atoms with Gasteiger partial charge in [0.2, 0.25) is 0 Å². The lowest BCUT2D eigenvalue weighted by atomic mass is 10.1. The fourth-order valence-electron chi connectivity index (χ4n) is 1.77. The lowest BCUT2D eigenvalue weighted by molar-refractivity contribution is 0.0133. The molecule has 0 saturated heterocycles. The van der Waals surface area contributed by atoms with E-state index in [0.29, 0.717) is 13.2 Å². The van der Waals surface area contributed by atoms with E-state index in [1.165, 1.54) is 10.8 Å². The molecule has 3 nitrogen and oxygen atoms in total. The Morgan fingerprint density at radius 2 is 1.89 bits per heavy atom. The van der Waals surface area contributed by atoms with Crippen molar-refractivity contribution in [2.75, 3.05) is 19.8 Å². The highest BCUT2D eigenvalue weighted by molar-refractivity contribution is 5.83. The summed E-state index contributed by atoms with van der Waals surface area (Å²) in [6.45, 7) is 2.80. The molecular formula is C15H18O3. The van der Waals surface area contributed by atoms with E-state index in [2.05, 4.69) is 12.1 Å². The second-order valence-electron chi connectivity index (χ2n) is 4.22. The van der Waals surface area contributed by atoms with E-state index in [4.69, 9.17) is 14.6 Å². The minimum Gasteiger partial charge on any atom is -0.491 e. The highest BCUT2D eigenvalue weighted by Gasteiger charge is 2.03. The molecule has 96 valence electrons. The first-order chi connectivity index (χ1) is 8.79. The van der Waals surface area contributed by atoms with Crippen molar-refractivity contribution in [1.29, 1.82) is 0 Å². The van der Waals surface area contributed by atoms with Crippen LogP contribution in [0.25, 0.3) is 10.8 Å². The molecule has 0 heterocycles. The van der Waals surface area contributed by atoms with Crippen LogP contribution in [0.3, 0.4) is 0 Å². The van der Waals surface area contributed by atoms with Crippen LogP contribution in [0, 0.1) is 0 Å². The summed E-state index contributed by atoms with van der Waals surface area (Å²) in [5.74, 6) is 0.841. The van der Waals surface area contributed by atoms with Crippen molar-refractivity contribution < 1.29 is 14.6 Å². The topological polar surface area (TPSA) is 38.7 Å². The number of hydrogen-bond acceptors (Lipinski definition) is 3. The molecule has 2 rings (SSSR count). The summed E-state index contributed by atoms with van der Waals surface area (Å²) in [6.07, 6.45) is -0.0244. The molecule has 2 aromatic carbocycles. The first-order valence-corrected chi connectivity index (χ1v) is 6.13. The van der Waals surface area contributed by atoms with Crippen LogP contribution in [0.2, 0.25) is 0 Å². The molecule has 18 heavy (non-hydrogen) atoms. The van der Waals surface area contributed by atoms with Gasteiger partial charge in [-0.25, -0.2) is 0 Å². The minimum atomic E-state index is -0.0244. The maximum atomic E-state index is 8.65. The fourth-order valence-corrected chi connectivity index (χ4v) is 1.77. The van der Waals surface area contributed by atoms with Gasteiger partial charge in [-0.2, -0.15) is 0 Å². The molecule has 0 aliphatic carbocycles. The van der Waals surface area contributed by atoms with E-state index < -0.39 is 0 Å². The number of ether oxygens (including phenoxy) is 2. The predicted molar refractivity (Wildman–Crippen MR) is 71.9 cm³/mol. The molecule has 3 heteroatoms. The van der Waals surface area contributed by atoms with Gasteiger partial charge < -0.3 is 14.6 Å². The highest BCUT2D eigenvalue weighted by atomic mass is 16.5. The number of hydrogen-bond donors (Lipinski definition) is 1. The zero-order chi connectivity index (χ0) is 12.8. The van der Waals surface area contributed by atoms with Crippen LogP contribution in [0.5, 0.6) is 5.75 Å². The standard InChI is InChI=1S/C15H18O3/c1-12(17-9-8-16)11-18-15-7-6-13-4-2-3-5-14(13)10-15/h2-7,10,12,16H,8-9,11H2,1H3. The number of fused-ring (bicyclic) bond motifs is 1. The summed E-state index contributed by atoms with van der Waals surface area (Å²) in [4.78, 5) is 0. The third kappa shape index (κ3) is 3.45. The van der Waals surface area contributed by atoms with Crippen molar-refractivity contribution in [1.82, 2.24) is 0 Å². The summed E-state index contributed by atoms with van der Waals surface area (Å²) >= 11 is 0. The predicted octanol–water partition coefficient (Wildman–Crippen LogP) is 2.62. The third-order valence-electron chi connectivity index (χ3n) is 2.70. The Hall–Kier alpha value is -1.58. The van der Waals surface area contributed by atoms with Gasteiger partial charge >= 0.3 is 0 Å². The van der Waals surface area contributed by atoms with Gasteiger partial charge in [0.25, 0.3) is 0 Å². The first kappa shape index (κ1) is 12.9. The Bertz CT molecular complexity index is 496. The molecule has 0 spiro atoms. The largest absolute Gasteiger partial charge is 0.491 e. The Morgan fingerprint density at radius 1 is 1.11 bits per heavy atom. The maximum absolute atomic E-state index is 8.65. The quantitative estimate of drug-likeness (QED) is 0.851. The van der Waals surface area contributed by atoms with Gasteiger partial charge in [0.15, 0.2) is 0 Å². The molecule has 0 aliphatic heterocycles. The zero-order valence-corrected chi connectivity index (χ0v) is 10.5. The zero-order valence-electron chi connectivity index (χ0n) is 10.5. The first-order valence-electron chi connectivity index (χ1n) is 6.13. The lowest BCUT2D eigenvalue weighted by Crippen LogP contribution is -2.19. The van der Waals surface area contributed by atoms with E-state index >= 15 is 0 Å². The van der Waals surface area contributed by atoms with Crippen molar-refractivity contribution in [2.24, 2.45) is 0 Å². The van der Waals surface area contributed by atoms with Gasteiger partial charge in [0.1, 0.15) is 12.4 Å². The van der Waals surface area contributed by atoms with Gasteiger partial charge in [-0.15, -0.1) is 0 Å². The second kappa shape index (κ2) is 6.38. The molecule has 1 atom stereocenters. The Morgan fingerprint density at radius 3 is 2.67 bits per heavy atom. The normalized spacial score (nSPS) is 12.6. The van der Waals surface area contributed by atoms with Crippen molar-refractivity contribution in [3.05, 3.63) is 42.5 Å². The van der Waals surface area contributed by atoms with E-state index in [1.54, 1.807) is 0 Å². The van der Waals surface area contributed by atoms with E-state index in [0.717, 1.165) is 5.75 Å². The van der Waals surface area contributed by atoms with Gasteiger partial charge in [0, 0.05) is 0 Å². The third-order valence-corrected chi connectivity index (χ3v) is 2.70. The summed E-state index contributed by atoms with van der Waals surface area (Å²) in [7, 11) is 0. The Balaban J connectivity index is 1.95. The van der Waals surface area contributed by atoms with Crippen LogP contribution in [-0.2, 0) is 4.74 Å². The Kier molecular flexibility index (Phi) is 4.56. The number of benzene rings is 2.